The number of carbonyl (C=O) groups is 1. The number of piperidine rings is 1. The number of aromatic nitrogens is 1. The third kappa shape index (κ3) is 4.74. The molecule has 3 fully saturated rings. The predicted octanol–water partition coefficient (Wildman–Crippen LogP) is 3.20. The van der Waals surface area contributed by atoms with Gasteiger partial charge in [0.2, 0.25) is 0 Å². The normalized spacial score (nSPS) is 26.1. The van der Waals surface area contributed by atoms with Crippen LogP contribution in [0.4, 0.5) is 19.0 Å². The number of halogens is 3. The second-order valence-corrected chi connectivity index (χ2v) is 8.42. The van der Waals surface area contributed by atoms with E-state index in [-0.39, 0.29) is 6.04 Å². The Balaban J connectivity index is 1.25. The van der Waals surface area contributed by atoms with Crippen LogP contribution in [0.5, 0.6) is 0 Å². The maximum atomic E-state index is 12.7. The average Bonchev–Trinajstić information content (AvgIpc) is 2.74. The summed E-state index contributed by atoms with van der Waals surface area (Å²) in [6.45, 7) is 5.33. The average molecular weight is 410 g/mol. The Hall–Kier alpha value is -1.67. The van der Waals surface area contributed by atoms with E-state index in [1.807, 2.05) is 0 Å². The first kappa shape index (κ1) is 20.6. The lowest BCUT2D eigenvalue weighted by Gasteiger charge is -2.44. The van der Waals surface area contributed by atoms with Gasteiger partial charge in [0.1, 0.15) is 11.6 Å². The van der Waals surface area contributed by atoms with Crippen LogP contribution in [0.1, 0.15) is 44.1 Å². The fourth-order valence-electron chi connectivity index (χ4n) is 4.97. The summed E-state index contributed by atoms with van der Waals surface area (Å²) in [6, 6.07) is 3.26. The van der Waals surface area contributed by atoms with Gasteiger partial charge in [0.15, 0.2) is 0 Å². The number of likely N-dealkylation sites (tertiary alicyclic amines) is 1. The highest BCUT2D eigenvalue weighted by Gasteiger charge is 2.34. The SMILES string of the molecule is O=C1CCCC[C@H]1N1CCC(N2CCN(c3ccc(C(F)(F)F)cn3)CC2)CC1. The molecule has 1 aromatic rings. The molecule has 8 heteroatoms. The molecule has 0 N–H and O–H groups in total. The minimum atomic E-state index is -4.35. The third-order valence-electron chi connectivity index (χ3n) is 6.69. The minimum absolute atomic E-state index is 0.146. The number of carbonyl (C=O) groups excluding carboxylic acids is 1. The van der Waals surface area contributed by atoms with Crippen LogP contribution in [0.3, 0.4) is 0 Å². The molecule has 0 aromatic carbocycles. The quantitative estimate of drug-likeness (QED) is 0.765. The highest BCUT2D eigenvalue weighted by molar-refractivity contribution is 5.84. The van der Waals surface area contributed by atoms with Crippen LogP contribution in [0.25, 0.3) is 0 Å². The van der Waals surface area contributed by atoms with E-state index in [0.717, 1.165) is 90.1 Å². The number of Topliss-reactive ketones (excluding diaryl/α,β-unsaturated/α-hetero) is 1. The molecule has 0 bridgehead atoms. The van der Waals surface area contributed by atoms with E-state index in [4.69, 9.17) is 0 Å². The molecule has 29 heavy (non-hydrogen) atoms. The molecule has 4 rings (SSSR count). The molecule has 0 amide bonds. The van der Waals surface area contributed by atoms with Crippen molar-refractivity contribution in [1.82, 2.24) is 14.8 Å². The van der Waals surface area contributed by atoms with E-state index >= 15 is 0 Å². The van der Waals surface area contributed by atoms with Gasteiger partial charge in [-0.15, -0.1) is 0 Å². The van der Waals surface area contributed by atoms with Gasteiger partial charge in [0.25, 0.3) is 0 Å². The zero-order chi connectivity index (χ0) is 20.4. The molecule has 1 aromatic heterocycles. The summed E-state index contributed by atoms with van der Waals surface area (Å²) in [5.74, 6) is 1.04. The lowest BCUT2D eigenvalue weighted by molar-refractivity contribution is -0.137. The number of ketones is 1. The number of piperazine rings is 1. The Morgan fingerprint density at radius 3 is 2.21 bits per heavy atom. The van der Waals surface area contributed by atoms with Crippen LogP contribution in [-0.2, 0) is 11.0 Å². The van der Waals surface area contributed by atoms with Gasteiger partial charge in [-0.1, -0.05) is 6.42 Å². The summed E-state index contributed by atoms with van der Waals surface area (Å²) in [4.78, 5) is 23.2. The molecule has 0 unspecified atom stereocenters. The van der Waals surface area contributed by atoms with Gasteiger partial charge in [-0.2, -0.15) is 13.2 Å². The summed E-state index contributed by atoms with van der Waals surface area (Å²) in [7, 11) is 0. The number of rotatable bonds is 3. The molecule has 2 saturated heterocycles. The van der Waals surface area contributed by atoms with Crippen LogP contribution in [0.2, 0.25) is 0 Å². The second-order valence-electron chi connectivity index (χ2n) is 8.42. The first-order valence-corrected chi connectivity index (χ1v) is 10.7. The van der Waals surface area contributed by atoms with Gasteiger partial charge >= 0.3 is 6.18 Å². The highest BCUT2D eigenvalue weighted by atomic mass is 19.4. The molecule has 3 heterocycles. The minimum Gasteiger partial charge on any atom is -0.354 e. The first-order chi connectivity index (χ1) is 13.9. The summed E-state index contributed by atoms with van der Waals surface area (Å²) in [5.41, 5.74) is -0.705. The topological polar surface area (TPSA) is 39.7 Å². The third-order valence-corrected chi connectivity index (χ3v) is 6.69. The van der Waals surface area contributed by atoms with Crippen molar-refractivity contribution in [3.05, 3.63) is 23.9 Å². The zero-order valence-corrected chi connectivity index (χ0v) is 16.7. The Bertz CT molecular complexity index is 693. The van der Waals surface area contributed by atoms with E-state index in [9.17, 15) is 18.0 Å². The monoisotopic (exact) mass is 410 g/mol. The van der Waals surface area contributed by atoms with Crippen LogP contribution in [0, 0.1) is 0 Å². The molecule has 1 saturated carbocycles. The van der Waals surface area contributed by atoms with Crippen molar-refractivity contribution in [1.29, 1.82) is 0 Å². The fourth-order valence-corrected chi connectivity index (χ4v) is 4.97. The molecule has 160 valence electrons. The van der Waals surface area contributed by atoms with E-state index in [1.54, 1.807) is 0 Å². The summed E-state index contributed by atoms with van der Waals surface area (Å²) < 4.78 is 38.1. The molecule has 2 aliphatic heterocycles. The summed E-state index contributed by atoms with van der Waals surface area (Å²) in [6.07, 6.45) is 2.71. The van der Waals surface area contributed by atoms with E-state index in [1.165, 1.54) is 6.07 Å². The molecule has 0 spiro atoms. The summed E-state index contributed by atoms with van der Waals surface area (Å²) in [5, 5.41) is 0. The Morgan fingerprint density at radius 2 is 1.62 bits per heavy atom. The summed E-state index contributed by atoms with van der Waals surface area (Å²) >= 11 is 0. The zero-order valence-electron chi connectivity index (χ0n) is 16.7. The Morgan fingerprint density at radius 1 is 0.897 bits per heavy atom. The maximum Gasteiger partial charge on any atom is 0.417 e. The standard InChI is InChI=1S/C21H29F3N4O/c22-21(23,24)16-5-6-20(25-15-16)28-13-11-26(12-14-28)17-7-9-27(10-8-17)18-3-1-2-4-19(18)29/h5-6,15,17-18H,1-4,7-14H2/t18-/m1/s1. The highest BCUT2D eigenvalue weighted by Crippen LogP contribution is 2.30. The van der Waals surface area contributed by atoms with Crippen molar-refractivity contribution in [2.24, 2.45) is 0 Å². The molecular weight excluding hydrogens is 381 g/mol. The van der Waals surface area contributed by atoms with Gasteiger partial charge in [-0.05, 0) is 37.8 Å². The van der Waals surface area contributed by atoms with Gasteiger partial charge in [-0.3, -0.25) is 14.6 Å². The van der Waals surface area contributed by atoms with E-state index in [0.29, 0.717) is 17.6 Å². The first-order valence-electron chi connectivity index (χ1n) is 10.7. The second kappa shape index (κ2) is 8.60. The van der Waals surface area contributed by atoms with Crippen LogP contribution < -0.4 is 4.90 Å². The van der Waals surface area contributed by atoms with Crippen molar-refractivity contribution >= 4 is 11.6 Å². The van der Waals surface area contributed by atoms with Gasteiger partial charge in [0.05, 0.1) is 11.6 Å². The molecule has 0 radical (unpaired) electrons. The van der Waals surface area contributed by atoms with Crippen molar-refractivity contribution in [2.45, 2.75) is 56.8 Å². The van der Waals surface area contributed by atoms with Crippen LogP contribution in [-0.4, -0.2) is 71.9 Å². The van der Waals surface area contributed by atoms with E-state index < -0.39 is 11.7 Å². The van der Waals surface area contributed by atoms with Gasteiger partial charge in [-0.25, -0.2) is 4.98 Å². The molecule has 5 nitrogen and oxygen atoms in total. The Labute approximate surface area is 169 Å². The van der Waals surface area contributed by atoms with E-state index in [2.05, 4.69) is 19.7 Å². The number of nitrogens with zero attached hydrogens (tertiary/aromatic N) is 4. The molecule has 3 aliphatic rings. The Kier molecular flexibility index (Phi) is 6.11. The van der Waals surface area contributed by atoms with Gasteiger partial charge in [0, 0.05) is 57.9 Å². The number of hydrogen-bond donors (Lipinski definition) is 0. The fraction of sp³-hybridized carbons (Fsp3) is 0.714. The molecule has 1 aliphatic carbocycles. The number of anilines is 1. The number of alkyl halides is 3. The lowest BCUT2D eigenvalue weighted by atomic mass is 9.90. The number of hydrogen-bond acceptors (Lipinski definition) is 5. The van der Waals surface area contributed by atoms with Crippen LogP contribution >= 0.6 is 0 Å². The van der Waals surface area contributed by atoms with Crippen molar-refractivity contribution in [2.75, 3.05) is 44.2 Å². The van der Waals surface area contributed by atoms with Crippen LogP contribution in [0.15, 0.2) is 18.3 Å². The molecular formula is C21H29F3N4O. The largest absolute Gasteiger partial charge is 0.417 e. The van der Waals surface area contributed by atoms with Crippen molar-refractivity contribution < 1.29 is 18.0 Å². The van der Waals surface area contributed by atoms with Crippen molar-refractivity contribution in [3.63, 3.8) is 0 Å². The molecule has 1 atom stereocenters. The van der Waals surface area contributed by atoms with Gasteiger partial charge < -0.3 is 4.90 Å². The smallest absolute Gasteiger partial charge is 0.354 e. The number of pyridine rings is 1. The lowest BCUT2D eigenvalue weighted by Crippen LogP contribution is -2.55. The van der Waals surface area contributed by atoms with Crippen molar-refractivity contribution in [3.8, 4) is 0 Å². The predicted molar refractivity (Wildman–Crippen MR) is 105 cm³/mol. The maximum absolute atomic E-state index is 12.7.